The quantitative estimate of drug-likeness (QED) is 0.129. The largest absolute Gasteiger partial charge is 0.508 e. The summed E-state index contributed by atoms with van der Waals surface area (Å²) in [6.07, 6.45) is 8.62. The van der Waals surface area contributed by atoms with Gasteiger partial charge in [-0.25, -0.2) is 0 Å². The van der Waals surface area contributed by atoms with Crippen LogP contribution in [0.15, 0.2) is 102 Å². The Kier molecular flexibility index (Phi) is 11.0. The Labute approximate surface area is 316 Å². The van der Waals surface area contributed by atoms with Crippen LogP contribution in [0.4, 0.5) is 0 Å². The number of benzene rings is 3. The number of aromatic hydroxyl groups is 1. The number of likely N-dealkylation sites (tertiary alicyclic amines) is 1. The fraction of sp³-hybridized carbons (Fsp3) is 0.455. The van der Waals surface area contributed by atoms with Gasteiger partial charge in [-0.1, -0.05) is 124 Å². The Hall–Kier alpha value is -3.76. The molecule has 3 aromatic rings. The molecule has 4 atom stereocenters. The first-order valence-electron chi connectivity index (χ1n) is 19.6. The molecule has 1 saturated carbocycles. The predicted octanol–water partition coefficient (Wildman–Crippen LogP) is 7.28. The lowest BCUT2D eigenvalue weighted by molar-refractivity contribution is -0.143. The number of allylic oxidation sites excluding steroid dienone is 1. The molecule has 2 aliphatic heterocycles. The van der Waals surface area contributed by atoms with Gasteiger partial charge in [-0.3, -0.25) is 14.5 Å². The van der Waals surface area contributed by atoms with Gasteiger partial charge in [-0.2, -0.15) is 0 Å². The average molecular weight is 732 g/mol. The monoisotopic (exact) mass is 731 g/mol. The zero-order valence-electron chi connectivity index (χ0n) is 31.7. The van der Waals surface area contributed by atoms with E-state index in [2.05, 4.69) is 82.3 Å². The molecule has 3 aromatic carbocycles. The average Bonchev–Trinajstić information content (AvgIpc) is 3.40. The summed E-state index contributed by atoms with van der Waals surface area (Å²) in [5, 5.41) is 23.4. The Morgan fingerprint density at radius 3 is 2.21 bits per heavy atom. The van der Waals surface area contributed by atoms with Crippen LogP contribution in [0.3, 0.4) is 0 Å². The van der Waals surface area contributed by atoms with E-state index >= 15 is 0 Å². The van der Waals surface area contributed by atoms with Crippen molar-refractivity contribution in [3.63, 3.8) is 0 Å². The molecule has 0 spiro atoms. The number of phenolic OH excluding ortho intramolecular Hbond substituents is 1. The number of hydrogen-bond acceptors (Lipinski definition) is 6. The van der Waals surface area contributed by atoms with Gasteiger partial charge in [0.2, 0.25) is 11.8 Å². The van der Waals surface area contributed by atoms with Crippen molar-refractivity contribution in [2.45, 2.75) is 103 Å². The van der Waals surface area contributed by atoms with E-state index in [1.807, 2.05) is 24.3 Å². The van der Waals surface area contributed by atoms with E-state index in [0.717, 1.165) is 54.4 Å². The van der Waals surface area contributed by atoms with Gasteiger partial charge in [0.15, 0.2) is 0 Å². The first-order chi connectivity index (χ1) is 25.5. The minimum absolute atomic E-state index is 0.0413. The first-order valence-corrected chi connectivity index (χ1v) is 21.5. The summed E-state index contributed by atoms with van der Waals surface area (Å²) in [6, 6.07) is 28.3. The summed E-state index contributed by atoms with van der Waals surface area (Å²) in [4.78, 5) is 30.5. The number of nitrogens with zero attached hydrogens (tertiary/aromatic N) is 1. The lowest BCUT2D eigenvalue weighted by Gasteiger charge is -2.46. The molecule has 0 bridgehead atoms. The zero-order chi connectivity index (χ0) is 37.3. The Balaban J connectivity index is 1.29. The fourth-order valence-electron chi connectivity index (χ4n) is 9.91. The van der Waals surface area contributed by atoms with Gasteiger partial charge in [-0.15, -0.1) is 0 Å². The van der Waals surface area contributed by atoms with E-state index in [1.165, 1.54) is 10.4 Å². The molecular formula is C44H54BNO6Si. The van der Waals surface area contributed by atoms with Crippen LogP contribution in [0.5, 0.6) is 5.75 Å². The molecule has 4 aliphatic rings. The molecule has 2 heterocycles. The van der Waals surface area contributed by atoms with Crippen LogP contribution in [0, 0.1) is 17.8 Å². The number of hydrogen-bond donors (Lipinski definition) is 2. The molecule has 2 aliphatic carbocycles. The normalized spacial score (nSPS) is 24.4. The lowest BCUT2D eigenvalue weighted by Crippen LogP contribution is -2.66. The highest BCUT2D eigenvalue weighted by atomic mass is 28.4. The molecule has 3 fully saturated rings. The summed E-state index contributed by atoms with van der Waals surface area (Å²) >= 11 is 0. The molecule has 7 rings (SSSR count). The van der Waals surface area contributed by atoms with Crippen molar-refractivity contribution in [3.8, 4) is 5.75 Å². The second-order valence-corrected chi connectivity index (χ2v) is 21.0. The maximum absolute atomic E-state index is 14.4. The molecule has 0 aromatic heterocycles. The van der Waals surface area contributed by atoms with Crippen LogP contribution in [-0.2, 0) is 18.7 Å². The molecule has 2 amide bonds. The van der Waals surface area contributed by atoms with Crippen LogP contribution < -0.4 is 10.4 Å². The highest BCUT2D eigenvalue weighted by Gasteiger charge is 2.59. The number of fused-ring (bicyclic) bond motifs is 3. The van der Waals surface area contributed by atoms with Gasteiger partial charge in [0.25, 0.3) is 8.32 Å². The van der Waals surface area contributed by atoms with Gasteiger partial charge >= 0.3 is 7.12 Å². The third-order valence-corrected chi connectivity index (χ3v) is 17.2. The number of carbonyl (C=O) groups excluding carboxylic acids is 2. The minimum atomic E-state index is -2.93. The maximum atomic E-state index is 14.4. The molecule has 2 N–H and O–H groups in total. The van der Waals surface area contributed by atoms with Gasteiger partial charge in [-0.05, 0) is 95.5 Å². The molecular weight excluding hydrogens is 677 g/mol. The van der Waals surface area contributed by atoms with E-state index in [4.69, 9.17) is 9.08 Å². The van der Waals surface area contributed by atoms with Gasteiger partial charge in [0.1, 0.15) is 5.75 Å². The number of amides is 2. The zero-order valence-corrected chi connectivity index (χ0v) is 32.7. The van der Waals surface area contributed by atoms with E-state index < -0.39 is 33.4 Å². The minimum Gasteiger partial charge on any atom is -0.508 e. The van der Waals surface area contributed by atoms with Crippen molar-refractivity contribution < 1.29 is 28.8 Å². The number of imide groups is 1. The molecule has 53 heavy (non-hydrogen) atoms. The van der Waals surface area contributed by atoms with Crippen LogP contribution in [0.25, 0.3) is 6.08 Å². The van der Waals surface area contributed by atoms with Crippen LogP contribution in [-0.4, -0.2) is 61.0 Å². The molecule has 9 heteroatoms. The van der Waals surface area contributed by atoms with E-state index in [9.17, 15) is 19.7 Å². The van der Waals surface area contributed by atoms with Crippen molar-refractivity contribution in [2.75, 3.05) is 6.61 Å². The van der Waals surface area contributed by atoms with Crippen LogP contribution >= 0.6 is 0 Å². The Morgan fingerprint density at radius 2 is 1.58 bits per heavy atom. The molecule has 0 radical (unpaired) electrons. The molecule has 7 nitrogen and oxygen atoms in total. The lowest BCUT2D eigenvalue weighted by atomic mass is 9.58. The Morgan fingerprint density at radius 1 is 0.925 bits per heavy atom. The number of phenols is 1. The van der Waals surface area contributed by atoms with E-state index in [-0.39, 0.29) is 40.9 Å². The Bertz CT molecular complexity index is 1810. The summed E-state index contributed by atoms with van der Waals surface area (Å²) in [7, 11) is -3.96. The highest BCUT2D eigenvalue weighted by Crippen LogP contribution is 2.52. The number of carbonyl (C=O) groups is 2. The maximum Gasteiger partial charge on any atom is 0.455 e. The number of rotatable bonds is 10. The van der Waals surface area contributed by atoms with Crippen LogP contribution in [0.2, 0.25) is 11.4 Å². The third kappa shape index (κ3) is 7.38. The smallest absolute Gasteiger partial charge is 0.455 e. The van der Waals surface area contributed by atoms with Crippen molar-refractivity contribution in [1.82, 2.24) is 4.90 Å². The van der Waals surface area contributed by atoms with Crippen molar-refractivity contribution in [2.24, 2.45) is 17.8 Å². The fourth-order valence-corrected chi connectivity index (χ4v) is 14.5. The molecule has 2 saturated heterocycles. The standard InChI is InChI=1S/C44H54BNO6Si/c1-30(25-31-15-14-18-34(47)26-31)23-24-39-40-32(29-51-53(44(2,3)4,35-19-10-6-11-20-35)36-21-12-7-13-22-36)27-37-41(38(40)28-45(50)52-39)43(49)46(42(37)48)33-16-8-5-9-17-33/h6-7,10-15,18-22,25-26,33,37-39,41,47,50H,5,8-9,16-17,23-24,27-29H2,1-4H3/b30-25+/t37-,38+,39-,41-/m1/s1. The topological polar surface area (TPSA) is 96.3 Å². The van der Waals surface area contributed by atoms with Crippen molar-refractivity contribution in [1.29, 1.82) is 0 Å². The molecule has 278 valence electrons. The third-order valence-electron chi connectivity index (χ3n) is 12.2. The van der Waals surface area contributed by atoms with Gasteiger partial charge in [0, 0.05) is 6.04 Å². The van der Waals surface area contributed by atoms with Crippen LogP contribution in [0.1, 0.15) is 84.6 Å². The van der Waals surface area contributed by atoms with E-state index in [1.54, 1.807) is 17.0 Å². The van der Waals surface area contributed by atoms with E-state index in [0.29, 0.717) is 25.9 Å². The summed E-state index contributed by atoms with van der Waals surface area (Å²) < 4.78 is 13.9. The van der Waals surface area contributed by atoms with Crippen molar-refractivity contribution >= 4 is 43.7 Å². The predicted molar refractivity (Wildman–Crippen MR) is 213 cm³/mol. The van der Waals surface area contributed by atoms with Gasteiger partial charge < -0.3 is 19.2 Å². The second-order valence-electron chi connectivity index (χ2n) is 16.7. The highest BCUT2D eigenvalue weighted by molar-refractivity contribution is 6.99. The van der Waals surface area contributed by atoms with Crippen molar-refractivity contribution in [3.05, 3.63) is 107 Å². The summed E-state index contributed by atoms with van der Waals surface area (Å²) in [5.74, 6) is -1.15. The summed E-state index contributed by atoms with van der Waals surface area (Å²) in [6.45, 7) is 9.19. The van der Waals surface area contributed by atoms with Gasteiger partial charge in [0.05, 0.1) is 24.5 Å². The second kappa shape index (κ2) is 15.5. The first kappa shape index (κ1) is 37.6. The SMILES string of the molecule is C/C(=C\c1cccc(O)c1)CC[C@H]1OB(O)C[C@H]2C1=C(CO[Si](c1ccccc1)(c1ccccc1)C(C)(C)C)C[C@H]1C(=O)N(C3CCCCC3)C(=O)[C@H]12. The summed E-state index contributed by atoms with van der Waals surface area (Å²) in [5.41, 5.74) is 4.13. The molecule has 0 unspecified atom stereocenters.